The van der Waals surface area contributed by atoms with Crippen LogP contribution in [0.15, 0.2) is 69.0 Å². The van der Waals surface area contributed by atoms with Gasteiger partial charge in [0.1, 0.15) is 17.6 Å². The average Bonchev–Trinajstić information content (AvgIpc) is 3.21. The SMILES string of the molecule is CN1CCN(S(=O)(=O)c2ccc(NC(=O)Cn3cnc4c(oc5ccccc54)c3=O)cc2)CC1. The highest BCUT2D eigenvalue weighted by molar-refractivity contribution is 7.89. The number of amides is 1. The molecule has 3 heterocycles. The number of carbonyl (C=O) groups is 1. The molecule has 1 N–H and O–H groups in total. The lowest BCUT2D eigenvalue weighted by molar-refractivity contribution is -0.116. The summed E-state index contributed by atoms with van der Waals surface area (Å²) in [4.78, 5) is 31.9. The zero-order chi connectivity index (χ0) is 23.9. The quantitative estimate of drug-likeness (QED) is 0.461. The van der Waals surface area contributed by atoms with Crippen molar-refractivity contribution >= 4 is 43.7 Å². The first-order valence-corrected chi connectivity index (χ1v) is 12.2. The van der Waals surface area contributed by atoms with Gasteiger partial charge in [-0.05, 0) is 43.4 Å². The van der Waals surface area contributed by atoms with Gasteiger partial charge in [-0.1, -0.05) is 12.1 Å². The number of benzene rings is 2. The fourth-order valence-electron chi connectivity index (χ4n) is 3.97. The van der Waals surface area contributed by atoms with Crippen molar-refractivity contribution in [2.45, 2.75) is 11.4 Å². The molecular formula is C23H23N5O5S. The van der Waals surface area contributed by atoms with Gasteiger partial charge in [-0.25, -0.2) is 13.4 Å². The molecule has 4 aromatic rings. The molecule has 10 nitrogen and oxygen atoms in total. The van der Waals surface area contributed by atoms with Gasteiger partial charge in [-0.15, -0.1) is 0 Å². The minimum Gasteiger partial charge on any atom is -0.448 e. The van der Waals surface area contributed by atoms with E-state index >= 15 is 0 Å². The van der Waals surface area contributed by atoms with Gasteiger partial charge in [-0.2, -0.15) is 4.31 Å². The average molecular weight is 482 g/mol. The first-order valence-electron chi connectivity index (χ1n) is 10.8. The van der Waals surface area contributed by atoms with Gasteiger partial charge in [0, 0.05) is 37.3 Å². The molecular weight excluding hydrogens is 458 g/mol. The Kier molecular flexibility index (Phi) is 5.68. The molecule has 2 aromatic carbocycles. The standard InChI is InChI=1S/C23H23N5O5S/c1-26-10-12-28(13-11-26)34(31,32)17-8-6-16(7-9-17)25-20(29)14-27-15-24-21-18-4-2-3-5-19(18)33-22(21)23(27)30/h2-9,15H,10-14H2,1H3,(H,25,29). The molecule has 0 saturated carbocycles. The third-order valence-electron chi connectivity index (χ3n) is 5.90. The minimum atomic E-state index is -3.59. The van der Waals surface area contributed by atoms with Gasteiger partial charge >= 0.3 is 0 Å². The van der Waals surface area contributed by atoms with E-state index in [9.17, 15) is 18.0 Å². The van der Waals surface area contributed by atoms with E-state index in [0.29, 0.717) is 43.0 Å². The predicted octanol–water partition coefficient (Wildman–Crippen LogP) is 1.72. The van der Waals surface area contributed by atoms with Gasteiger partial charge in [0.05, 0.1) is 11.2 Å². The zero-order valence-electron chi connectivity index (χ0n) is 18.5. The van der Waals surface area contributed by atoms with Crippen molar-refractivity contribution in [1.29, 1.82) is 0 Å². The Morgan fingerprint density at radius 2 is 1.76 bits per heavy atom. The van der Waals surface area contributed by atoms with E-state index in [0.717, 1.165) is 5.39 Å². The van der Waals surface area contributed by atoms with Gasteiger partial charge in [0.25, 0.3) is 5.56 Å². The Bertz CT molecular complexity index is 1530. The van der Waals surface area contributed by atoms with Crippen molar-refractivity contribution in [1.82, 2.24) is 18.8 Å². The van der Waals surface area contributed by atoms with Crippen LogP contribution < -0.4 is 10.9 Å². The normalized spacial score (nSPS) is 15.7. The number of fused-ring (bicyclic) bond motifs is 3. The third-order valence-corrected chi connectivity index (χ3v) is 7.82. The first-order chi connectivity index (χ1) is 16.3. The van der Waals surface area contributed by atoms with Crippen LogP contribution in [0.3, 0.4) is 0 Å². The Balaban J connectivity index is 1.29. The summed E-state index contributed by atoms with van der Waals surface area (Å²) in [6.45, 7) is 1.98. The number of para-hydroxylation sites is 1. The van der Waals surface area contributed by atoms with Crippen LogP contribution in [0.4, 0.5) is 5.69 Å². The topological polar surface area (TPSA) is 118 Å². The van der Waals surface area contributed by atoms with Gasteiger partial charge in [0.2, 0.25) is 21.5 Å². The number of nitrogens with zero attached hydrogens (tertiary/aromatic N) is 4. The van der Waals surface area contributed by atoms with Crippen molar-refractivity contribution in [3.05, 3.63) is 65.2 Å². The molecule has 2 aromatic heterocycles. The molecule has 0 bridgehead atoms. The van der Waals surface area contributed by atoms with E-state index in [1.807, 2.05) is 19.2 Å². The van der Waals surface area contributed by atoms with E-state index in [4.69, 9.17) is 4.42 Å². The van der Waals surface area contributed by atoms with E-state index in [-0.39, 0.29) is 17.0 Å². The molecule has 1 aliphatic rings. The molecule has 1 amide bonds. The minimum absolute atomic E-state index is 0.0926. The smallest absolute Gasteiger partial charge is 0.297 e. The largest absolute Gasteiger partial charge is 0.448 e. The number of hydrogen-bond donors (Lipinski definition) is 1. The summed E-state index contributed by atoms with van der Waals surface area (Å²) in [6, 6.07) is 13.2. The molecule has 0 atom stereocenters. The number of aromatic nitrogens is 2. The molecule has 0 spiro atoms. The molecule has 1 saturated heterocycles. The monoisotopic (exact) mass is 481 g/mol. The Labute approximate surface area is 195 Å². The predicted molar refractivity (Wildman–Crippen MR) is 127 cm³/mol. The molecule has 0 aliphatic carbocycles. The number of sulfonamides is 1. The Hall–Kier alpha value is -3.54. The van der Waals surface area contributed by atoms with E-state index in [2.05, 4.69) is 15.2 Å². The van der Waals surface area contributed by atoms with Crippen LogP contribution in [0.25, 0.3) is 22.1 Å². The van der Waals surface area contributed by atoms with Crippen LogP contribution >= 0.6 is 0 Å². The molecule has 1 fully saturated rings. The highest BCUT2D eigenvalue weighted by atomic mass is 32.2. The zero-order valence-corrected chi connectivity index (χ0v) is 19.3. The number of likely N-dealkylation sites (N-methyl/N-ethyl adjacent to an activating group) is 1. The number of nitrogens with one attached hydrogen (secondary N) is 1. The second-order valence-electron chi connectivity index (χ2n) is 8.23. The highest BCUT2D eigenvalue weighted by Gasteiger charge is 2.27. The van der Waals surface area contributed by atoms with E-state index in [1.54, 1.807) is 12.1 Å². The van der Waals surface area contributed by atoms with Crippen LogP contribution in [-0.4, -0.2) is 66.3 Å². The summed E-state index contributed by atoms with van der Waals surface area (Å²) in [6.07, 6.45) is 1.32. The van der Waals surface area contributed by atoms with Crippen LogP contribution in [0.2, 0.25) is 0 Å². The van der Waals surface area contributed by atoms with Crippen LogP contribution in [0, 0.1) is 0 Å². The van der Waals surface area contributed by atoms with Crippen LogP contribution in [0.1, 0.15) is 0 Å². The summed E-state index contributed by atoms with van der Waals surface area (Å²) in [5, 5.41) is 3.42. The van der Waals surface area contributed by atoms with Crippen molar-refractivity contribution in [3.63, 3.8) is 0 Å². The Morgan fingerprint density at radius 1 is 1.06 bits per heavy atom. The van der Waals surface area contributed by atoms with Gasteiger partial charge < -0.3 is 14.6 Å². The fraction of sp³-hybridized carbons (Fsp3) is 0.261. The number of piperazine rings is 1. The lowest BCUT2D eigenvalue weighted by atomic mass is 10.2. The maximum absolute atomic E-state index is 12.8. The maximum Gasteiger partial charge on any atom is 0.297 e. The molecule has 34 heavy (non-hydrogen) atoms. The number of rotatable bonds is 5. The number of hydrogen-bond acceptors (Lipinski definition) is 7. The van der Waals surface area contributed by atoms with Gasteiger partial charge in [-0.3, -0.25) is 14.2 Å². The van der Waals surface area contributed by atoms with Crippen molar-refractivity contribution in [2.24, 2.45) is 0 Å². The molecule has 0 unspecified atom stereocenters. The van der Waals surface area contributed by atoms with Crippen molar-refractivity contribution in [2.75, 3.05) is 38.5 Å². The second kappa shape index (κ2) is 8.67. The lowest BCUT2D eigenvalue weighted by Gasteiger charge is -2.31. The highest BCUT2D eigenvalue weighted by Crippen LogP contribution is 2.24. The fourth-order valence-corrected chi connectivity index (χ4v) is 5.39. The summed E-state index contributed by atoms with van der Waals surface area (Å²) in [7, 11) is -1.63. The van der Waals surface area contributed by atoms with Crippen molar-refractivity contribution < 1.29 is 17.6 Å². The number of furan rings is 1. The molecule has 0 radical (unpaired) electrons. The molecule has 176 valence electrons. The Morgan fingerprint density at radius 3 is 2.50 bits per heavy atom. The lowest BCUT2D eigenvalue weighted by Crippen LogP contribution is -2.46. The summed E-state index contributed by atoms with van der Waals surface area (Å²) < 4.78 is 34.0. The molecule has 5 rings (SSSR count). The molecule has 1 aliphatic heterocycles. The first kappa shape index (κ1) is 22.3. The molecule has 11 heteroatoms. The van der Waals surface area contributed by atoms with E-state index < -0.39 is 21.5 Å². The van der Waals surface area contributed by atoms with Crippen molar-refractivity contribution in [3.8, 4) is 0 Å². The summed E-state index contributed by atoms with van der Waals surface area (Å²) in [5.41, 5.74) is 1.07. The second-order valence-corrected chi connectivity index (χ2v) is 10.2. The van der Waals surface area contributed by atoms with Gasteiger partial charge in [0.15, 0.2) is 0 Å². The van der Waals surface area contributed by atoms with E-state index in [1.165, 1.54) is 39.5 Å². The summed E-state index contributed by atoms with van der Waals surface area (Å²) in [5.74, 6) is -0.450. The van der Waals surface area contributed by atoms with Crippen LogP contribution in [-0.2, 0) is 21.4 Å². The van der Waals surface area contributed by atoms with Crippen LogP contribution in [0.5, 0.6) is 0 Å². The maximum atomic E-state index is 12.8. The number of anilines is 1. The summed E-state index contributed by atoms with van der Waals surface area (Å²) >= 11 is 0. The number of carbonyl (C=O) groups excluding carboxylic acids is 1. The third kappa shape index (κ3) is 4.09.